The van der Waals surface area contributed by atoms with E-state index in [-0.39, 0.29) is 30.1 Å². The molecule has 3 aliphatic rings. The van der Waals surface area contributed by atoms with Crippen molar-refractivity contribution in [2.75, 3.05) is 13.1 Å². The predicted octanol–water partition coefficient (Wildman–Crippen LogP) is 2.06. The molecule has 13 heteroatoms. The lowest BCUT2D eigenvalue weighted by atomic mass is 9.82. The number of carbonyl (C=O) groups excluding carboxylic acids is 6. The van der Waals surface area contributed by atoms with E-state index in [9.17, 15) is 28.8 Å². The topological polar surface area (TPSA) is 180 Å². The lowest BCUT2D eigenvalue weighted by Crippen LogP contribution is -2.61. The van der Waals surface area contributed by atoms with Crippen molar-refractivity contribution in [3.05, 3.63) is 24.3 Å². The van der Waals surface area contributed by atoms with E-state index in [1.54, 1.807) is 0 Å². The average molecular weight is 654 g/mol. The number of rotatable bonds is 16. The van der Waals surface area contributed by atoms with Gasteiger partial charge in [-0.1, -0.05) is 53.4 Å². The van der Waals surface area contributed by atoms with E-state index in [0.29, 0.717) is 19.4 Å². The van der Waals surface area contributed by atoms with E-state index in [1.165, 1.54) is 23.5 Å². The summed E-state index contributed by atoms with van der Waals surface area (Å²) >= 11 is 0. The lowest BCUT2D eigenvalue weighted by Gasteiger charge is -2.37. The summed E-state index contributed by atoms with van der Waals surface area (Å²) in [5, 5.41) is 11.2. The first kappa shape index (κ1) is 35.9. The molecular weight excluding hydrogens is 602 g/mol. The van der Waals surface area contributed by atoms with E-state index in [0.717, 1.165) is 57.8 Å². The summed E-state index contributed by atoms with van der Waals surface area (Å²) in [6.07, 6.45) is 13.1. The molecule has 0 unspecified atom stereocenters. The fourth-order valence-corrected chi connectivity index (χ4v) is 6.02. The molecule has 3 aliphatic carbocycles. The monoisotopic (exact) mass is 653 g/mol. The summed E-state index contributed by atoms with van der Waals surface area (Å²) in [4.78, 5) is 89.5. The van der Waals surface area contributed by atoms with Crippen LogP contribution in [0.4, 0.5) is 0 Å². The van der Waals surface area contributed by atoms with Crippen molar-refractivity contribution < 1.29 is 28.8 Å². The van der Waals surface area contributed by atoms with Crippen LogP contribution >= 0.6 is 0 Å². The van der Waals surface area contributed by atoms with Gasteiger partial charge >= 0.3 is 0 Å². The highest BCUT2D eigenvalue weighted by molar-refractivity contribution is 6.38. The Bertz CT molecular complexity index is 1290. The van der Waals surface area contributed by atoms with Gasteiger partial charge in [-0.05, 0) is 62.2 Å². The third-order valence-electron chi connectivity index (χ3n) is 9.07. The van der Waals surface area contributed by atoms with Crippen molar-refractivity contribution in [1.29, 1.82) is 0 Å². The van der Waals surface area contributed by atoms with Gasteiger partial charge in [0.25, 0.3) is 11.8 Å². The highest BCUT2D eigenvalue weighted by Gasteiger charge is 2.41. The average Bonchev–Trinajstić information content (AvgIpc) is 3.99. The Labute approximate surface area is 277 Å². The van der Waals surface area contributed by atoms with Gasteiger partial charge in [0, 0.05) is 25.0 Å². The predicted molar refractivity (Wildman–Crippen MR) is 174 cm³/mol. The SMILES string of the molecule is CCC[C@H](NC(=O)CN(CC1CC1)C(=O)[C@@H](NC(=O)[C@@H](NC(=O)c1cnccn1)C1CCCCC1)C(C)(C)C)C(=O)C(=O)NC1CC1. The molecule has 5 amide bonds. The largest absolute Gasteiger partial charge is 0.347 e. The quantitative estimate of drug-likeness (QED) is 0.196. The smallest absolute Gasteiger partial charge is 0.289 e. The maximum atomic E-state index is 14.2. The minimum Gasteiger partial charge on any atom is -0.347 e. The number of Topliss-reactive ketones (excluding diaryl/α,β-unsaturated/α-hetero) is 1. The minimum absolute atomic E-state index is 0.0127. The van der Waals surface area contributed by atoms with Crippen LogP contribution in [-0.2, 0) is 24.0 Å². The van der Waals surface area contributed by atoms with Crippen molar-refractivity contribution in [1.82, 2.24) is 36.1 Å². The van der Waals surface area contributed by atoms with Crippen molar-refractivity contribution in [3.8, 4) is 0 Å². The second-order valence-corrected chi connectivity index (χ2v) is 14.4. The second kappa shape index (κ2) is 16.3. The third kappa shape index (κ3) is 10.8. The molecule has 3 fully saturated rings. The summed E-state index contributed by atoms with van der Waals surface area (Å²) in [5.74, 6) is -3.21. The third-order valence-corrected chi connectivity index (χ3v) is 9.07. The first-order valence-electron chi connectivity index (χ1n) is 17.2. The Balaban J connectivity index is 1.49. The number of ketones is 1. The van der Waals surface area contributed by atoms with Gasteiger partial charge in [-0.15, -0.1) is 0 Å². The molecule has 3 atom stereocenters. The zero-order valence-electron chi connectivity index (χ0n) is 28.2. The van der Waals surface area contributed by atoms with Crippen LogP contribution in [-0.4, -0.2) is 87.4 Å². The molecule has 0 aliphatic heterocycles. The van der Waals surface area contributed by atoms with Crippen LogP contribution in [0, 0.1) is 17.3 Å². The van der Waals surface area contributed by atoms with Crippen molar-refractivity contribution >= 4 is 35.3 Å². The fraction of sp³-hybridized carbons (Fsp3) is 0.706. The first-order valence-corrected chi connectivity index (χ1v) is 17.2. The number of aromatic nitrogens is 2. The summed E-state index contributed by atoms with van der Waals surface area (Å²) in [7, 11) is 0. The number of nitrogens with one attached hydrogen (secondary N) is 4. The number of carbonyl (C=O) groups is 6. The number of amides is 5. The molecule has 258 valence electrons. The van der Waals surface area contributed by atoms with Crippen LogP contribution in [0.3, 0.4) is 0 Å². The molecular formula is C34H51N7O6. The standard InChI is InChI=1S/C34H51N7O6/c1-5-9-24(28(43)32(46)37-23-14-15-23)38-26(42)20-41(19-21-12-13-21)33(47)29(34(2,3)4)40-31(45)27(22-10-7-6-8-11-22)39-30(44)25-18-35-16-17-36-25/h16-18,21-24,27,29H,5-15,19-20H2,1-4H3,(H,37,46)(H,38,42)(H,39,44)(H,40,45)/t24-,27-,29+/m0/s1. The summed E-state index contributed by atoms with van der Waals surface area (Å²) < 4.78 is 0. The van der Waals surface area contributed by atoms with Gasteiger partial charge < -0.3 is 26.2 Å². The Hall–Kier alpha value is -3.90. The summed E-state index contributed by atoms with van der Waals surface area (Å²) in [5.41, 5.74) is -0.644. The first-order chi connectivity index (χ1) is 22.4. The molecule has 47 heavy (non-hydrogen) atoms. The molecule has 0 radical (unpaired) electrons. The molecule has 0 bridgehead atoms. The Morgan fingerprint density at radius 1 is 0.915 bits per heavy atom. The Morgan fingerprint density at radius 2 is 1.62 bits per heavy atom. The van der Waals surface area contributed by atoms with Crippen LogP contribution < -0.4 is 21.3 Å². The number of hydrogen-bond acceptors (Lipinski definition) is 8. The Morgan fingerprint density at radius 3 is 2.19 bits per heavy atom. The maximum Gasteiger partial charge on any atom is 0.289 e. The van der Waals surface area contributed by atoms with Crippen LogP contribution in [0.1, 0.15) is 109 Å². The van der Waals surface area contributed by atoms with Gasteiger partial charge in [-0.3, -0.25) is 33.8 Å². The van der Waals surface area contributed by atoms with Crippen molar-refractivity contribution in [2.45, 2.75) is 122 Å². The van der Waals surface area contributed by atoms with Crippen LogP contribution in [0.2, 0.25) is 0 Å². The second-order valence-electron chi connectivity index (χ2n) is 14.4. The normalized spacial score (nSPS) is 18.6. The van der Waals surface area contributed by atoms with E-state index in [2.05, 4.69) is 31.2 Å². The molecule has 0 saturated heterocycles. The number of nitrogens with zero attached hydrogens (tertiary/aromatic N) is 3. The highest BCUT2D eigenvalue weighted by atomic mass is 16.2. The van der Waals surface area contributed by atoms with Crippen LogP contribution in [0.15, 0.2) is 18.6 Å². The zero-order chi connectivity index (χ0) is 34.1. The van der Waals surface area contributed by atoms with Crippen LogP contribution in [0.5, 0.6) is 0 Å². The highest BCUT2D eigenvalue weighted by Crippen LogP contribution is 2.31. The van der Waals surface area contributed by atoms with Gasteiger partial charge in [0.1, 0.15) is 17.8 Å². The van der Waals surface area contributed by atoms with E-state index < -0.39 is 58.9 Å². The van der Waals surface area contributed by atoms with Gasteiger partial charge in [-0.25, -0.2) is 4.98 Å². The molecule has 3 saturated carbocycles. The molecule has 1 aromatic heterocycles. The molecule has 4 rings (SSSR count). The van der Waals surface area contributed by atoms with E-state index >= 15 is 0 Å². The van der Waals surface area contributed by atoms with E-state index in [4.69, 9.17) is 0 Å². The van der Waals surface area contributed by atoms with E-state index in [1.807, 2.05) is 27.7 Å². The van der Waals surface area contributed by atoms with Crippen molar-refractivity contribution in [2.24, 2.45) is 17.3 Å². The molecule has 0 spiro atoms. The summed E-state index contributed by atoms with van der Waals surface area (Å²) in [6.45, 7) is 7.40. The molecule has 4 N–H and O–H groups in total. The molecule has 1 heterocycles. The molecule has 13 nitrogen and oxygen atoms in total. The lowest BCUT2D eigenvalue weighted by molar-refractivity contribution is -0.144. The molecule has 0 aromatic carbocycles. The summed E-state index contributed by atoms with van der Waals surface area (Å²) in [6, 6.07) is -2.86. The minimum atomic E-state index is -1.00. The fourth-order valence-electron chi connectivity index (χ4n) is 6.02. The van der Waals surface area contributed by atoms with Gasteiger partial charge in [0.15, 0.2) is 0 Å². The number of hydrogen-bond donors (Lipinski definition) is 4. The van der Waals surface area contributed by atoms with Gasteiger partial charge in [0.2, 0.25) is 23.5 Å². The Kier molecular flexibility index (Phi) is 12.4. The maximum absolute atomic E-state index is 14.2. The molecule has 1 aromatic rings. The zero-order valence-corrected chi connectivity index (χ0v) is 28.2. The van der Waals surface area contributed by atoms with Gasteiger partial charge in [0.05, 0.1) is 18.8 Å². The van der Waals surface area contributed by atoms with Crippen LogP contribution in [0.25, 0.3) is 0 Å². The van der Waals surface area contributed by atoms with Gasteiger partial charge in [-0.2, -0.15) is 0 Å². The van der Waals surface area contributed by atoms with Crippen molar-refractivity contribution in [3.63, 3.8) is 0 Å².